The van der Waals surface area contributed by atoms with Crippen LogP contribution in [0, 0.1) is 0 Å². The highest BCUT2D eigenvalue weighted by Gasteiger charge is 2.24. The van der Waals surface area contributed by atoms with Gasteiger partial charge in [-0.25, -0.2) is 0 Å². The minimum absolute atomic E-state index is 0.535. The molecule has 1 fully saturated rings. The van der Waals surface area contributed by atoms with Gasteiger partial charge in [0, 0.05) is 30.9 Å². The second kappa shape index (κ2) is 3.70. The molecule has 0 unspecified atom stereocenters. The molecule has 0 saturated carbocycles. The van der Waals surface area contributed by atoms with Crippen LogP contribution in [-0.4, -0.2) is 30.0 Å². The van der Waals surface area contributed by atoms with Crippen LogP contribution in [-0.2, 0) is 0 Å². The first-order valence-corrected chi connectivity index (χ1v) is 5.31. The van der Waals surface area contributed by atoms with Gasteiger partial charge in [-0.2, -0.15) is 0 Å². The molecule has 1 aromatic heterocycles. The molecule has 0 spiro atoms. The Morgan fingerprint density at radius 2 is 2.07 bits per heavy atom. The van der Waals surface area contributed by atoms with Gasteiger partial charge in [-0.3, -0.25) is 4.98 Å². The summed E-state index contributed by atoms with van der Waals surface area (Å²) >= 11 is 0. The summed E-state index contributed by atoms with van der Waals surface area (Å²) in [6.07, 6.45) is 2.05. The molecule has 1 aliphatic rings. The average Bonchev–Trinajstić information content (AvgIpc) is 2.13. The Labute approximate surface area is 86.0 Å². The van der Waals surface area contributed by atoms with Crippen molar-refractivity contribution in [3.05, 3.63) is 29.6 Å². The summed E-state index contributed by atoms with van der Waals surface area (Å²) in [6, 6.07) is 4.40. The smallest absolute Gasteiger partial charge is 0.0429 e. The fraction of sp³-hybridized carbons (Fsp3) is 0.583. The molecular formula is C12H18N2. The van der Waals surface area contributed by atoms with E-state index in [0.717, 1.165) is 0 Å². The van der Waals surface area contributed by atoms with Crippen molar-refractivity contribution in [3.63, 3.8) is 0 Å². The zero-order chi connectivity index (χ0) is 10.1. The van der Waals surface area contributed by atoms with E-state index < -0.39 is 0 Å². The highest BCUT2D eigenvalue weighted by molar-refractivity contribution is 5.22. The van der Waals surface area contributed by atoms with Crippen LogP contribution in [0.25, 0.3) is 0 Å². The summed E-state index contributed by atoms with van der Waals surface area (Å²) in [5, 5.41) is 0. The minimum Gasteiger partial charge on any atom is -0.305 e. The maximum absolute atomic E-state index is 4.49. The van der Waals surface area contributed by atoms with E-state index in [4.69, 9.17) is 0 Å². The van der Waals surface area contributed by atoms with Gasteiger partial charge in [0.1, 0.15) is 0 Å². The predicted octanol–water partition coefficient (Wildman–Crippen LogP) is 2.23. The number of hydrogen-bond acceptors (Lipinski definition) is 2. The highest BCUT2D eigenvalue weighted by Crippen LogP contribution is 2.25. The summed E-state index contributed by atoms with van der Waals surface area (Å²) in [5.41, 5.74) is 2.59. The normalized spacial score (nSPS) is 18.6. The van der Waals surface area contributed by atoms with Crippen molar-refractivity contribution >= 4 is 0 Å². The lowest BCUT2D eigenvalue weighted by atomic mass is 9.93. The Bertz CT molecular complexity index is 297. The van der Waals surface area contributed by atoms with Gasteiger partial charge < -0.3 is 4.90 Å². The zero-order valence-electron chi connectivity index (χ0n) is 9.20. The molecule has 0 aliphatic carbocycles. The maximum atomic E-state index is 4.49. The number of aromatic nitrogens is 1. The standard InChI is InChI=1S/C12H18N2/c1-9(2)12-5-4-10(6-13-12)11-7-14(3)8-11/h4-6,9,11H,7-8H2,1-3H3. The van der Waals surface area contributed by atoms with Crippen LogP contribution < -0.4 is 0 Å². The third-order valence-corrected chi connectivity index (χ3v) is 2.94. The number of likely N-dealkylation sites (N-methyl/N-ethyl adjacent to an activating group) is 1. The number of pyridine rings is 1. The van der Waals surface area contributed by atoms with Gasteiger partial charge in [0.2, 0.25) is 0 Å². The Kier molecular flexibility index (Phi) is 2.55. The monoisotopic (exact) mass is 190 g/mol. The van der Waals surface area contributed by atoms with Gasteiger partial charge >= 0.3 is 0 Å². The Balaban J connectivity index is 2.07. The van der Waals surface area contributed by atoms with E-state index in [0.29, 0.717) is 11.8 Å². The van der Waals surface area contributed by atoms with Crippen molar-refractivity contribution in [2.24, 2.45) is 0 Å². The molecule has 2 rings (SSSR count). The summed E-state index contributed by atoms with van der Waals surface area (Å²) < 4.78 is 0. The summed E-state index contributed by atoms with van der Waals surface area (Å²) in [4.78, 5) is 6.82. The summed E-state index contributed by atoms with van der Waals surface area (Å²) in [5.74, 6) is 1.25. The molecule has 0 bridgehead atoms. The largest absolute Gasteiger partial charge is 0.305 e. The predicted molar refractivity (Wildman–Crippen MR) is 58.6 cm³/mol. The minimum atomic E-state index is 0.535. The molecule has 2 nitrogen and oxygen atoms in total. The molecular weight excluding hydrogens is 172 g/mol. The Morgan fingerprint density at radius 1 is 1.36 bits per heavy atom. The molecule has 0 atom stereocenters. The summed E-state index contributed by atoms with van der Waals surface area (Å²) in [7, 11) is 2.16. The molecule has 2 heterocycles. The first-order chi connectivity index (χ1) is 6.66. The lowest BCUT2D eigenvalue weighted by Crippen LogP contribution is -2.41. The summed E-state index contributed by atoms with van der Waals surface area (Å²) in [6.45, 7) is 6.73. The van der Waals surface area contributed by atoms with Gasteiger partial charge in [-0.15, -0.1) is 0 Å². The van der Waals surface area contributed by atoms with Crippen molar-refractivity contribution < 1.29 is 0 Å². The Hall–Kier alpha value is -0.890. The van der Waals surface area contributed by atoms with Gasteiger partial charge in [-0.05, 0) is 24.6 Å². The second-order valence-corrected chi connectivity index (χ2v) is 4.59. The lowest BCUT2D eigenvalue weighted by Gasteiger charge is -2.36. The lowest BCUT2D eigenvalue weighted by molar-refractivity contribution is 0.189. The van der Waals surface area contributed by atoms with E-state index in [-0.39, 0.29) is 0 Å². The van der Waals surface area contributed by atoms with E-state index >= 15 is 0 Å². The fourth-order valence-electron chi connectivity index (χ4n) is 1.91. The van der Waals surface area contributed by atoms with Gasteiger partial charge in [-0.1, -0.05) is 19.9 Å². The molecule has 14 heavy (non-hydrogen) atoms. The third kappa shape index (κ3) is 1.80. The molecule has 1 aromatic rings. The number of likely N-dealkylation sites (tertiary alicyclic amines) is 1. The highest BCUT2D eigenvalue weighted by atomic mass is 15.2. The van der Waals surface area contributed by atoms with Crippen LogP contribution in [0.3, 0.4) is 0 Å². The number of nitrogens with zero attached hydrogens (tertiary/aromatic N) is 2. The van der Waals surface area contributed by atoms with E-state index in [9.17, 15) is 0 Å². The van der Waals surface area contributed by atoms with Crippen molar-refractivity contribution in [3.8, 4) is 0 Å². The molecule has 0 radical (unpaired) electrons. The van der Waals surface area contributed by atoms with E-state index in [2.05, 4.69) is 42.9 Å². The van der Waals surface area contributed by atoms with Gasteiger partial charge in [0.15, 0.2) is 0 Å². The van der Waals surface area contributed by atoms with Crippen LogP contribution >= 0.6 is 0 Å². The Morgan fingerprint density at radius 3 is 2.50 bits per heavy atom. The molecule has 2 heteroatoms. The van der Waals surface area contributed by atoms with Crippen LogP contribution in [0.15, 0.2) is 18.3 Å². The van der Waals surface area contributed by atoms with Crippen LogP contribution in [0.2, 0.25) is 0 Å². The van der Waals surface area contributed by atoms with Crippen LogP contribution in [0.1, 0.15) is 36.9 Å². The van der Waals surface area contributed by atoms with E-state index in [1.807, 2.05) is 6.20 Å². The maximum Gasteiger partial charge on any atom is 0.0429 e. The first kappa shape index (κ1) is 9.66. The molecule has 1 aliphatic heterocycles. The van der Waals surface area contributed by atoms with Gasteiger partial charge in [0.05, 0.1) is 0 Å². The molecule has 0 amide bonds. The third-order valence-electron chi connectivity index (χ3n) is 2.94. The van der Waals surface area contributed by atoms with Gasteiger partial charge in [0.25, 0.3) is 0 Å². The topological polar surface area (TPSA) is 16.1 Å². The molecule has 76 valence electrons. The first-order valence-electron chi connectivity index (χ1n) is 5.31. The molecule has 1 saturated heterocycles. The van der Waals surface area contributed by atoms with Crippen LogP contribution in [0.5, 0.6) is 0 Å². The number of rotatable bonds is 2. The fourth-order valence-corrected chi connectivity index (χ4v) is 1.91. The SMILES string of the molecule is CC(C)c1ccc(C2CN(C)C2)cn1. The van der Waals surface area contributed by atoms with Crippen molar-refractivity contribution in [1.82, 2.24) is 9.88 Å². The van der Waals surface area contributed by atoms with Crippen molar-refractivity contribution in [2.45, 2.75) is 25.7 Å². The van der Waals surface area contributed by atoms with E-state index in [1.54, 1.807) is 0 Å². The van der Waals surface area contributed by atoms with Crippen LogP contribution in [0.4, 0.5) is 0 Å². The quantitative estimate of drug-likeness (QED) is 0.711. The zero-order valence-corrected chi connectivity index (χ0v) is 9.20. The molecule has 0 N–H and O–H groups in total. The molecule has 0 aromatic carbocycles. The average molecular weight is 190 g/mol. The second-order valence-electron chi connectivity index (χ2n) is 4.59. The van der Waals surface area contributed by atoms with E-state index in [1.165, 1.54) is 24.3 Å². The van der Waals surface area contributed by atoms with Crippen molar-refractivity contribution in [1.29, 1.82) is 0 Å². The van der Waals surface area contributed by atoms with Crippen molar-refractivity contribution in [2.75, 3.05) is 20.1 Å². The number of hydrogen-bond donors (Lipinski definition) is 0.